The average Bonchev–Trinajstić information content (AvgIpc) is 3.18. The van der Waals surface area contributed by atoms with Gasteiger partial charge in [0, 0.05) is 33.5 Å². The molecule has 8 aromatic rings. The molecule has 4 nitrogen and oxygen atoms in total. The van der Waals surface area contributed by atoms with Gasteiger partial charge < -0.3 is 9.80 Å². The van der Waals surface area contributed by atoms with Crippen molar-refractivity contribution in [1.82, 2.24) is 0 Å². The van der Waals surface area contributed by atoms with Gasteiger partial charge in [-0.25, -0.2) is 4.85 Å². The van der Waals surface area contributed by atoms with Crippen LogP contribution in [0, 0.1) is 17.9 Å². The lowest BCUT2D eigenvalue weighted by Crippen LogP contribution is -2.17. The molecule has 0 amide bonds. The number of benzene rings is 8. The maximum atomic E-state index is 9.66. The molecule has 0 radical (unpaired) electrons. The van der Waals surface area contributed by atoms with Gasteiger partial charge in [0.15, 0.2) is 5.69 Å². The molecule has 8 rings (SSSR count). The summed E-state index contributed by atoms with van der Waals surface area (Å²) in [6, 6.07) is 53.2. The molecule has 0 spiro atoms. The van der Waals surface area contributed by atoms with E-state index < -0.39 is 0 Å². The summed E-state index contributed by atoms with van der Waals surface area (Å²) in [6.07, 6.45) is 0. The standard InChI is InChI=1S/C50H42N4/c1-49(2,3)43-30-45(53(35-14-10-8-11-15-35)37-22-18-33(32-51)19-23-37)41-28-26-40-44(50(4,5)6)31-46(42-29-27-39(43)47(41)48(40)42)54(36-16-12-9-13-17-36)38-24-20-34(52-7)21-25-38/h8-31H,1-6H3. The lowest BCUT2D eigenvalue weighted by atomic mass is 9.77. The maximum absolute atomic E-state index is 9.66. The second-order valence-electron chi connectivity index (χ2n) is 16.1. The Morgan fingerprint density at radius 1 is 0.481 bits per heavy atom. The van der Waals surface area contributed by atoms with E-state index in [-0.39, 0.29) is 10.8 Å². The molecule has 0 aliphatic carbocycles. The van der Waals surface area contributed by atoms with Crippen molar-refractivity contribution < 1.29 is 0 Å². The van der Waals surface area contributed by atoms with Gasteiger partial charge in [-0.1, -0.05) is 114 Å². The quantitative estimate of drug-likeness (QED) is 0.128. The van der Waals surface area contributed by atoms with E-state index in [4.69, 9.17) is 6.57 Å². The highest BCUT2D eigenvalue weighted by Crippen LogP contribution is 2.52. The first kappa shape index (κ1) is 34.5. The molecular weight excluding hydrogens is 657 g/mol. The van der Waals surface area contributed by atoms with E-state index in [9.17, 15) is 5.26 Å². The van der Waals surface area contributed by atoms with Gasteiger partial charge in [0.25, 0.3) is 0 Å². The number of rotatable bonds is 6. The van der Waals surface area contributed by atoms with Crippen LogP contribution in [0.2, 0.25) is 0 Å². The lowest BCUT2D eigenvalue weighted by Gasteiger charge is -2.33. The molecule has 0 saturated heterocycles. The van der Waals surface area contributed by atoms with Crippen LogP contribution in [0.25, 0.3) is 37.2 Å². The summed E-state index contributed by atoms with van der Waals surface area (Å²) >= 11 is 0. The maximum Gasteiger partial charge on any atom is 0.187 e. The zero-order chi connectivity index (χ0) is 37.8. The fourth-order valence-corrected chi connectivity index (χ4v) is 7.94. The number of nitriles is 1. The van der Waals surface area contributed by atoms with E-state index in [1.165, 1.54) is 32.7 Å². The van der Waals surface area contributed by atoms with Crippen LogP contribution in [0.3, 0.4) is 0 Å². The predicted molar refractivity (Wildman–Crippen MR) is 228 cm³/mol. The number of anilines is 6. The molecule has 0 atom stereocenters. The fraction of sp³-hybridized carbons (Fsp3) is 0.160. The Balaban J connectivity index is 1.54. The van der Waals surface area contributed by atoms with Crippen molar-refractivity contribution in [3.05, 3.63) is 174 Å². The number of hydrogen-bond donors (Lipinski definition) is 0. The van der Waals surface area contributed by atoms with Gasteiger partial charge in [-0.3, -0.25) is 0 Å². The highest BCUT2D eigenvalue weighted by Gasteiger charge is 2.29. The molecule has 0 saturated carbocycles. The summed E-state index contributed by atoms with van der Waals surface area (Å²) in [5, 5.41) is 17.0. The minimum absolute atomic E-state index is 0.165. The normalized spacial score (nSPS) is 11.9. The van der Waals surface area contributed by atoms with Gasteiger partial charge in [0.1, 0.15) is 0 Å². The molecule has 4 heteroatoms. The topological polar surface area (TPSA) is 34.6 Å². The SMILES string of the molecule is [C-]#[N+]c1ccc(N(c2ccccc2)c2cc(C(C)(C)C)c3ccc4c(N(c5ccccc5)c5ccc(C#N)cc5)cc(C(C)(C)C)c5ccc2c3c45)cc1. The van der Waals surface area contributed by atoms with E-state index in [1.54, 1.807) is 0 Å². The van der Waals surface area contributed by atoms with E-state index >= 15 is 0 Å². The van der Waals surface area contributed by atoms with E-state index in [0.29, 0.717) is 11.3 Å². The van der Waals surface area contributed by atoms with Gasteiger partial charge in [-0.05, 0) is 116 Å². The van der Waals surface area contributed by atoms with Gasteiger partial charge in [0.05, 0.1) is 29.6 Å². The van der Waals surface area contributed by atoms with Crippen LogP contribution < -0.4 is 9.80 Å². The van der Waals surface area contributed by atoms with Crippen molar-refractivity contribution >= 4 is 72.1 Å². The molecule has 0 N–H and O–H groups in total. The van der Waals surface area contributed by atoms with E-state index in [2.05, 4.69) is 171 Å². The Hall–Kier alpha value is -6.62. The molecule has 0 aliphatic heterocycles. The van der Waals surface area contributed by atoms with Crippen molar-refractivity contribution in [3.8, 4) is 6.07 Å². The lowest BCUT2D eigenvalue weighted by molar-refractivity contribution is 0.595. The molecule has 0 unspecified atom stereocenters. The Morgan fingerprint density at radius 3 is 1.22 bits per heavy atom. The highest BCUT2D eigenvalue weighted by molar-refractivity contribution is 6.29. The van der Waals surface area contributed by atoms with Gasteiger partial charge in [0.2, 0.25) is 0 Å². The van der Waals surface area contributed by atoms with Gasteiger partial charge in [-0.15, -0.1) is 0 Å². The summed E-state index contributed by atoms with van der Waals surface area (Å²) in [5.41, 5.74) is 9.73. The van der Waals surface area contributed by atoms with Crippen molar-refractivity contribution in [1.29, 1.82) is 5.26 Å². The van der Waals surface area contributed by atoms with Crippen LogP contribution in [0.4, 0.5) is 39.8 Å². The van der Waals surface area contributed by atoms with E-state index in [0.717, 1.165) is 44.9 Å². The number of hydrogen-bond acceptors (Lipinski definition) is 3. The zero-order valence-corrected chi connectivity index (χ0v) is 31.6. The van der Waals surface area contributed by atoms with Crippen LogP contribution in [-0.2, 0) is 10.8 Å². The number of nitrogens with zero attached hydrogens (tertiary/aromatic N) is 4. The summed E-state index contributed by atoms with van der Waals surface area (Å²) in [5.74, 6) is 0. The molecule has 0 aliphatic rings. The van der Waals surface area contributed by atoms with Crippen LogP contribution in [-0.4, -0.2) is 0 Å². The molecular formula is C50H42N4. The average molecular weight is 699 g/mol. The smallest absolute Gasteiger partial charge is 0.187 e. The minimum atomic E-state index is -0.166. The minimum Gasteiger partial charge on any atom is -0.310 e. The second kappa shape index (κ2) is 13.1. The zero-order valence-electron chi connectivity index (χ0n) is 31.6. The van der Waals surface area contributed by atoms with Crippen LogP contribution in [0.5, 0.6) is 0 Å². The Labute approximate surface area is 318 Å². The largest absolute Gasteiger partial charge is 0.310 e. The summed E-state index contributed by atoms with van der Waals surface area (Å²) in [7, 11) is 0. The Kier molecular flexibility index (Phi) is 8.36. The molecule has 0 aromatic heterocycles. The molecule has 54 heavy (non-hydrogen) atoms. The van der Waals surface area contributed by atoms with Gasteiger partial charge in [-0.2, -0.15) is 5.26 Å². The third kappa shape index (κ3) is 5.87. The predicted octanol–water partition coefficient (Wildman–Crippen LogP) is 14.5. The summed E-state index contributed by atoms with van der Waals surface area (Å²) in [4.78, 5) is 8.36. The van der Waals surface area contributed by atoms with Gasteiger partial charge >= 0.3 is 0 Å². The first-order valence-electron chi connectivity index (χ1n) is 18.5. The molecule has 0 heterocycles. The number of para-hydroxylation sites is 2. The fourth-order valence-electron chi connectivity index (χ4n) is 7.94. The van der Waals surface area contributed by atoms with Crippen LogP contribution in [0.15, 0.2) is 146 Å². The van der Waals surface area contributed by atoms with Crippen molar-refractivity contribution in [3.63, 3.8) is 0 Å². The van der Waals surface area contributed by atoms with Crippen LogP contribution in [0.1, 0.15) is 58.2 Å². The molecule has 0 fully saturated rings. The van der Waals surface area contributed by atoms with Crippen LogP contribution >= 0.6 is 0 Å². The highest BCUT2D eigenvalue weighted by atomic mass is 15.1. The molecule has 8 aromatic carbocycles. The summed E-state index contributed by atoms with van der Waals surface area (Å²) in [6.45, 7) is 21.4. The molecule has 0 bridgehead atoms. The first-order valence-corrected chi connectivity index (χ1v) is 18.5. The first-order chi connectivity index (χ1) is 26.0. The van der Waals surface area contributed by atoms with Crippen molar-refractivity contribution in [2.45, 2.75) is 52.4 Å². The summed E-state index contributed by atoms with van der Waals surface area (Å²) < 4.78 is 0. The molecule has 262 valence electrons. The van der Waals surface area contributed by atoms with E-state index in [1.807, 2.05) is 36.4 Å². The van der Waals surface area contributed by atoms with Crippen molar-refractivity contribution in [2.24, 2.45) is 0 Å². The monoisotopic (exact) mass is 698 g/mol. The third-order valence-electron chi connectivity index (χ3n) is 10.5. The Morgan fingerprint density at radius 2 is 0.852 bits per heavy atom. The second-order valence-corrected chi connectivity index (χ2v) is 16.1. The van der Waals surface area contributed by atoms with Crippen molar-refractivity contribution in [2.75, 3.05) is 9.80 Å². The third-order valence-corrected chi connectivity index (χ3v) is 10.5. The Bertz CT molecular complexity index is 2530.